The second-order valence-electron chi connectivity index (χ2n) is 4.39. The number of halogens is 1. The van der Waals surface area contributed by atoms with Crippen LogP contribution in [0.5, 0.6) is 0 Å². The lowest BCUT2D eigenvalue weighted by Crippen LogP contribution is -2.32. The van der Waals surface area contributed by atoms with Crippen LogP contribution in [0.2, 0.25) is 0 Å². The SMILES string of the molecule is CCOC(C)CNC(=O)c1ccc(C)c(S(=O)(=O)Cl)c1. The third kappa shape index (κ3) is 4.77. The van der Waals surface area contributed by atoms with Gasteiger partial charge in [0, 0.05) is 29.4 Å². The Morgan fingerprint density at radius 2 is 2.10 bits per heavy atom. The largest absolute Gasteiger partial charge is 0.377 e. The van der Waals surface area contributed by atoms with Crippen LogP contribution in [-0.4, -0.2) is 33.6 Å². The minimum absolute atomic E-state index is 0.0512. The highest BCUT2D eigenvalue weighted by Gasteiger charge is 2.16. The fourth-order valence-electron chi connectivity index (χ4n) is 1.69. The van der Waals surface area contributed by atoms with Crippen LogP contribution >= 0.6 is 10.7 Å². The topological polar surface area (TPSA) is 72.5 Å². The van der Waals surface area contributed by atoms with Crippen LogP contribution in [0.4, 0.5) is 0 Å². The maximum atomic E-state index is 11.9. The molecule has 1 N–H and O–H groups in total. The number of carbonyl (C=O) groups excluding carboxylic acids is 1. The highest BCUT2D eigenvalue weighted by atomic mass is 35.7. The highest BCUT2D eigenvalue weighted by Crippen LogP contribution is 2.20. The van der Waals surface area contributed by atoms with Gasteiger partial charge in [0.1, 0.15) is 0 Å². The molecular formula is C13H18ClNO4S. The number of amides is 1. The first-order valence-corrected chi connectivity index (χ1v) is 8.51. The molecule has 0 radical (unpaired) electrons. The van der Waals surface area contributed by atoms with Crippen molar-refractivity contribution in [3.05, 3.63) is 29.3 Å². The van der Waals surface area contributed by atoms with Crippen molar-refractivity contribution in [2.75, 3.05) is 13.2 Å². The summed E-state index contributed by atoms with van der Waals surface area (Å²) in [4.78, 5) is 11.9. The van der Waals surface area contributed by atoms with Crippen LogP contribution in [-0.2, 0) is 13.8 Å². The van der Waals surface area contributed by atoms with Crippen molar-refractivity contribution in [2.45, 2.75) is 31.8 Å². The third-order valence-electron chi connectivity index (χ3n) is 2.71. The van der Waals surface area contributed by atoms with Gasteiger partial charge >= 0.3 is 0 Å². The van der Waals surface area contributed by atoms with Gasteiger partial charge < -0.3 is 10.1 Å². The van der Waals surface area contributed by atoms with Crippen LogP contribution in [0.1, 0.15) is 29.8 Å². The van der Waals surface area contributed by atoms with Crippen molar-refractivity contribution in [2.24, 2.45) is 0 Å². The molecule has 1 amide bonds. The fourth-order valence-corrected chi connectivity index (χ4v) is 2.91. The third-order valence-corrected chi connectivity index (χ3v) is 4.18. The van der Waals surface area contributed by atoms with Crippen molar-refractivity contribution in [3.8, 4) is 0 Å². The Morgan fingerprint density at radius 1 is 1.45 bits per heavy atom. The van der Waals surface area contributed by atoms with Gasteiger partial charge in [0.25, 0.3) is 15.0 Å². The van der Waals surface area contributed by atoms with Crippen LogP contribution in [0.15, 0.2) is 23.1 Å². The molecule has 1 aromatic rings. The van der Waals surface area contributed by atoms with Crippen LogP contribution < -0.4 is 5.32 Å². The van der Waals surface area contributed by atoms with E-state index < -0.39 is 9.05 Å². The van der Waals surface area contributed by atoms with Gasteiger partial charge in [-0.05, 0) is 38.5 Å². The second kappa shape index (κ2) is 7.06. The van der Waals surface area contributed by atoms with Crippen LogP contribution in [0.25, 0.3) is 0 Å². The fraction of sp³-hybridized carbons (Fsp3) is 0.462. The summed E-state index contributed by atoms with van der Waals surface area (Å²) in [5.74, 6) is -0.363. The summed E-state index contributed by atoms with van der Waals surface area (Å²) in [7, 11) is 1.47. The number of nitrogens with one attached hydrogen (secondary N) is 1. The van der Waals surface area contributed by atoms with E-state index in [9.17, 15) is 13.2 Å². The minimum atomic E-state index is -3.86. The van der Waals surface area contributed by atoms with Crippen molar-refractivity contribution >= 4 is 25.6 Å². The summed E-state index contributed by atoms with van der Waals surface area (Å²) < 4.78 is 28.1. The Balaban J connectivity index is 2.85. The number of rotatable bonds is 6. The van der Waals surface area contributed by atoms with Crippen LogP contribution in [0, 0.1) is 6.92 Å². The Labute approximate surface area is 123 Å². The van der Waals surface area contributed by atoms with Gasteiger partial charge in [-0.1, -0.05) is 6.07 Å². The maximum Gasteiger partial charge on any atom is 0.261 e. The zero-order valence-corrected chi connectivity index (χ0v) is 13.2. The molecular weight excluding hydrogens is 302 g/mol. The molecule has 0 bridgehead atoms. The number of aryl methyl sites for hydroxylation is 1. The van der Waals surface area contributed by atoms with Gasteiger partial charge in [-0.2, -0.15) is 0 Å². The molecule has 0 aromatic heterocycles. The molecule has 0 spiro atoms. The Hall–Kier alpha value is -1.11. The molecule has 1 rings (SSSR count). The highest BCUT2D eigenvalue weighted by molar-refractivity contribution is 8.13. The van der Waals surface area contributed by atoms with E-state index in [0.29, 0.717) is 18.7 Å². The summed E-state index contributed by atoms with van der Waals surface area (Å²) in [5.41, 5.74) is 0.748. The van der Waals surface area contributed by atoms with Crippen LogP contribution in [0.3, 0.4) is 0 Å². The first-order chi connectivity index (χ1) is 9.25. The molecule has 112 valence electrons. The predicted octanol–water partition coefficient (Wildman–Crippen LogP) is 2.08. The number of ether oxygens (including phenoxy) is 1. The summed E-state index contributed by atoms with van der Waals surface area (Å²) in [5, 5.41) is 2.68. The van der Waals surface area contributed by atoms with Crippen molar-refractivity contribution < 1.29 is 17.9 Å². The molecule has 0 saturated carbocycles. The Morgan fingerprint density at radius 3 is 2.65 bits per heavy atom. The van der Waals surface area contributed by atoms with Gasteiger partial charge in [0.05, 0.1) is 11.0 Å². The van der Waals surface area contributed by atoms with Gasteiger partial charge in [0.15, 0.2) is 0 Å². The molecule has 0 saturated heterocycles. The molecule has 1 unspecified atom stereocenters. The zero-order chi connectivity index (χ0) is 15.3. The zero-order valence-electron chi connectivity index (χ0n) is 11.6. The van der Waals surface area contributed by atoms with Crippen molar-refractivity contribution in [3.63, 3.8) is 0 Å². The van der Waals surface area contributed by atoms with Crippen molar-refractivity contribution in [1.82, 2.24) is 5.32 Å². The number of carbonyl (C=O) groups is 1. The summed E-state index contributed by atoms with van der Waals surface area (Å²) in [6.45, 7) is 6.25. The molecule has 20 heavy (non-hydrogen) atoms. The molecule has 0 aliphatic carbocycles. The maximum absolute atomic E-state index is 11.9. The van der Waals surface area contributed by atoms with Gasteiger partial charge in [-0.15, -0.1) is 0 Å². The van der Waals surface area contributed by atoms with Gasteiger partial charge in [-0.3, -0.25) is 4.79 Å². The molecule has 1 atom stereocenters. The molecule has 1 aromatic carbocycles. The second-order valence-corrected chi connectivity index (χ2v) is 6.93. The van der Waals surface area contributed by atoms with Gasteiger partial charge in [-0.25, -0.2) is 8.42 Å². The molecule has 0 heterocycles. The van der Waals surface area contributed by atoms with E-state index in [-0.39, 0.29) is 22.5 Å². The monoisotopic (exact) mass is 319 g/mol. The van der Waals surface area contributed by atoms with E-state index in [1.165, 1.54) is 6.07 Å². The minimum Gasteiger partial charge on any atom is -0.377 e. The van der Waals surface area contributed by atoms with E-state index in [0.717, 1.165) is 0 Å². The number of hydrogen-bond donors (Lipinski definition) is 1. The predicted molar refractivity (Wildman–Crippen MR) is 77.6 cm³/mol. The average Bonchev–Trinajstić information content (AvgIpc) is 2.35. The summed E-state index contributed by atoms with van der Waals surface area (Å²) in [6.07, 6.45) is -0.106. The number of hydrogen-bond acceptors (Lipinski definition) is 4. The first kappa shape index (κ1) is 16.9. The lowest BCUT2D eigenvalue weighted by Gasteiger charge is -2.13. The van der Waals surface area contributed by atoms with E-state index in [1.807, 2.05) is 13.8 Å². The van der Waals surface area contributed by atoms with E-state index in [2.05, 4.69) is 5.32 Å². The molecule has 0 aliphatic heterocycles. The summed E-state index contributed by atoms with van der Waals surface area (Å²) >= 11 is 0. The summed E-state index contributed by atoms with van der Waals surface area (Å²) in [6, 6.07) is 4.38. The smallest absolute Gasteiger partial charge is 0.261 e. The van der Waals surface area contributed by atoms with Gasteiger partial charge in [0.2, 0.25) is 0 Å². The quantitative estimate of drug-likeness (QED) is 0.815. The lowest BCUT2D eigenvalue weighted by atomic mass is 10.1. The molecule has 0 fully saturated rings. The standard InChI is InChI=1S/C13H18ClNO4S/c1-4-19-10(3)8-15-13(16)11-6-5-9(2)12(7-11)20(14,17)18/h5-7,10H,4,8H2,1-3H3,(H,15,16). The van der Waals surface area contributed by atoms with Crippen molar-refractivity contribution in [1.29, 1.82) is 0 Å². The average molecular weight is 320 g/mol. The van der Waals surface area contributed by atoms with E-state index in [1.54, 1.807) is 19.1 Å². The molecule has 7 heteroatoms. The first-order valence-electron chi connectivity index (χ1n) is 6.20. The Bertz CT molecular complexity index is 586. The lowest BCUT2D eigenvalue weighted by molar-refractivity contribution is 0.0695. The van der Waals surface area contributed by atoms with E-state index in [4.69, 9.17) is 15.4 Å². The normalized spacial score (nSPS) is 13.0. The molecule has 0 aliphatic rings. The number of benzene rings is 1. The molecule has 5 nitrogen and oxygen atoms in total. The van der Waals surface area contributed by atoms with E-state index >= 15 is 0 Å². The Kier molecular flexibility index (Phi) is 5.98.